The van der Waals surface area contributed by atoms with E-state index in [1.165, 1.54) is 6.07 Å². The van der Waals surface area contributed by atoms with Crippen LogP contribution < -0.4 is 5.73 Å². The van der Waals surface area contributed by atoms with Crippen molar-refractivity contribution in [3.63, 3.8) is 0 Å². The highest BCUT2D eigenvalue weighted by Crippen LogP contribution is 2.26. The molecule has 0 bridgehead atoms. The summed E-state index contributed by atoms with van der Waals surface area (Å²) >= 11 is 4.69. The van der Waals surface area contributed by atoms with Crippen molar-refractivity contribution < 1.29 is 4.39 Å². The summed E-state index contributed by atoms with van der Waals surface area (Å²) in [6.07, 6.45) is 0. The third-order valence-corrected chi connectivity index (χ3v) is 3.75. The molecule has 0 spiro atoms. The van der Waals surface area contributed by atoms with Gasteiger partial charge in [0.25, 0.3) is 0 Å². The van der Waals surface area contributed by atoms with Crippen molar-refractivity contribution in [2.75, 3.05) is 0 Å². The molecule has 0 radical (unpaired) electrons. The second kappa shape index (κ2) is 4.43. The second-order valence-electron chi connectivity index (χ2n) is 3.17. The molecule has 0 amide bonds. The third kappa shape index (κ3) is 2.27. The minimum absolute atomic E-state index is 0.243. The van der Waals surface area contributed by atoms with Crippen LogP contribution in [0.2, 0.25) is 0 Å². The topological polar surface area (TPSA) is 26.0 Å². The fourth-order valence-corrected chi connectivity index (χ4v) is 2.34. The molecule has 0 unspecified atom stereocenters. The van der Waals surface area contributed by atoms with Gasteiger partial charge in [0.15, 0.2) is 0 Å². The molecule has 1 aromatic heterocycles. The van der Waals surface area contributed by atoms with Gasteiger partial charge < -0.3 is 5.73 Å². The van der Waals surface area contributed by atoms with Gasteiger partial charge in [-0.3, -0.25) is 0 Å². The average Bonchev–Trinajstić information content (AvgIpc) is 2.74. The molecule has 1 heterocycles. The molecular formula is C11H9BrFNS. The summed E-state index contributed by atoms with van der Waals surface area (Å²) in [7, 11) is 0. The number of thiophene rings is 1. The highest BCUT2D eigenvalue weighted by molar-refractivity contribution is 9.10. The molecule has 0 saturated carbocycles. The Bertz CT molecular complexity index is 456. The molecular weight excluding hydrogens is 277 g/mol. The standard InChI is InChI=1S/C11H9BrFNS/c12-8-4-3-7(6-9(8)13)11(14)10-2-1-5-15-10/h1-6,11H,14H2/t11-/m1/s1. The number of halogens is 2. The first kappa shape index (κ1) is 10.8. The zero-order chi connectivity index (χ0) is 10.8. The Balaban J connectivity index is 2.34. The summed E-state index contributed by atoms with van der Waals surface area (Å²) in [6, 6.07) is 8.63. The van der Waals surface area contributed by atoms with Crippen LogP contribution in [0, 0.1) is 5.82 Å². The van der Waals surface area contributed by atoms with Crippen molar-refractivity contribution in [3.8, 4) is 0 Å². The van der Waals surface area contributed by atoms with Crippen molar-refractivity contribution in [1.82, 2.24) is 0 Å². The maximum absolute atomic E-state index is 13.3. The van der Waals surface area contributed by atoms with Gasteiger partial charge in [-0.25, -0.2) is 4.39 Å². The Morgan fingerprint density at radius 3 is 2.73 bits per heavy atom. The van der Waals surface area contributed by atoms with Gasteiger partial charge in [0.1, 0.15) is 5.82 Å². The lowest BCUT2D eigenvalue weighted by Crippen LogP contribution is -2.10. The van der Waals surface area contributed by atoms with Crippen LogP contribution in [0.15, 0.2) is 40.2 Å². The van der Waals surface area contributed by atoms with Crippen LogP contribution in [0.4, 0.5) is 4.39 Å². The van der Waals surface area contributed by atoms with Gasteiger partial charge in [0, 0.05) is 4.88 Å². The molecule has 0 aliphatic carbocycles. The van der Waals surface area contributed by atoms with Crippen molar-refractivity contribution in [2.24, 2.45) is 5.73 Å². The van der Waals surface area contributed by atoms with Gasteiger partial charge in [-0.1, -0.05) is 12.1 Å². The molecule has 0 saturated heterocycles. The van der Waals surface area contributed by atoms with Crippen molar-refractivity contribution in [3.05, 3.63) is 56.4 Å². The molecule has 2 rings (SSSR count). The molecule has 2 aromatic rings. The number of nitrogens with two attached hydrogens (primary N) is 1. The SMILES string of the molecule is N[C@H](c1ccc(Br)c(F)c1)c1cccs1. The van der Waals surface area contributed by atoms with E-state index in [2.05, 4.69) is 15.9 Å². The Morgan fingerprint density at radius 1 is 1.33 bits per heavy atom. The molecule has 1 nitrogen and oxygen atoms in total. The number of hydrogen-bond acceptors (Lipinski definition) is 2. The van der Waals surface area contributed by atoms with Crippen molar-refractivity contribution >= 4 is 27.3 Å². The minimum Gasteiger partial charge on any atom is -0.320 e. The summed E-state index contributed by atoms with van der Waals surface area (Å²) in [6.45, 7) is 0. The Hall–Kier alpha value is -0.710. The summed E-state index contributed by atoms with van der Waals surface area (Å²) < 4.78 is 13.7. The fraction of sp³-hybridized carbons (Fsp3) is 0.0909. The van der Waals surface area contributed by atoms with Crippen LogP contribution in [0.1, 0.15) is 16.5 Å². The van der Waals surface area contributed by atoms with Crippen LogP contribution in [-0.2, 0) is 0 Å². The minimum atomic E-state index is -0.278. The molecule has 2 N–H and O–H groups in total. The average molecular weight is 286 g/mol. The molecule has 0 aliphatic heterocycles. The van der Waals surface area contributed by atoms with Gasteiger partial charge in [-0.05, 0) is 45.1 Å². The van der Waals surface area contributed by atoms with Gasteiger partial charge >= 0.3 is 0 Å². The molecule has 15 heavy (non-hydrogen) atoms. The first-order chi connectivity index (χ1) is 7.18. The van der Waals surface area contributed by atoms with Gasteiger partial charge in [0.2, 0.25) is 0 Å². The van der Waals surface area contributed by atoms with E-state index in [1.807, 2.05) is 23.6 Å². The van der Waals surface area contributed by atoms with Crippen molar-refractivity contribution in [1.29, 1.82) is 0 Å². The van der Waals surface area contributed by atoms with E-state index < -0.39 is 0 Å². The maximum Gasteiger partial charge on any atom is 0.137 e. The number of hydrogen-bond donors (Lipinski definition) is 1. The lowest BCUT2D eigenvalue weighted by molar-refractivity contribution is 0.617. The van der Waals surface area contributed by atoms with Crippen LogP contribution in [-0.4, -0.2) is 0 Å². The van der Waals surface area contributed by atoms with E-state index in [1.54, 1.807) is 17.4 Å². The van der Waals surface area contributed by atoms with Crippen LogP contribution in [0.3, 0.4) is 0 Å². The quantitative estimate of drug-likeness (QED) is 0.895. The molecule has 4 heteroatoms. The highest BCUT2D eigenvalue weighted by Gasteiger charge is 2.11. The molecule has 1 atom stereocenters. The van der Waals surface area contributed by atoms with Crippen LogP contribution in [0.25, 0.3) is 0 Å². The van der Waals surface area contributed by atoms with E-state index in [0.717, 1.165) is 10.4 Å². The van der Waals surface area contributed by atoms with Gasteiger partial charge in [-0.15, -0.1) is 11.3 Å². The molecule has 78 valence electrons. The highest BCUT2D eigenvalue weighted by atomic mass is 79.9. The Labute approximate surface area is 99.9 Å². The Kier molecular flexibility index (Phi) is 3.19. The zero-order valence-corrected chi connectivity index (χ0v) is 10.2. The first-order valence-corrected chi connectivity index (χ1v) is 6.09. The predicted molar refractivity (Wildman–Crippen MR) is 64.4 cm³/mol. The summed E-state index contributed by atoms with van der Waals surface area (Å²) in [5, 5.41) is 1.96. The zero-order valence-electron chi connectivity index (χ0n) is 7.78. The van der Waals surface area contributed by atoms with Gasteiger partial charge in [-0.2, -0.15) is 0 Å². The van der Waals surface area contributed by atoms with E-state index in [9.17, 15) is 4.39 Å². The maximum atomic E-state index is 13.3. The lowest BCUT2D eigenvalue weighted by Gasteiger charge is -2.10. The summed E-state index contributed by atoms with van der Waals surface area (Å²) in [5.74, 6) is -0.278. The molecule has 0 aliphatic rings. The second-order valence-corrected chi connectivity index (χ2v) is 5.00. The predicted octanol–water partition coefficient (Wildman–Crippen LogP) is 3.70. The fourth-order valence-electron chi connectivity index (χ4n) is 1.34. The van der Waals surface area contributed by atoms with E-state index in [0.29, 0.717) is 4.47 Å². The molecule has 1 aromatic carbocycles. The van der Waals surface area contributed by atoms with Gasteiger partial charge in [0.05, 0.1) is 10.5 Å². The van der Waals surface area contributed by atoms with Crippen LogP contribution in [0.5, 0.6) is 0 Å². The van der Waals surface area contributed by atoms with E-state index in [4.69, 9.17) is 5.73 Å². The van der Waals surface area contributed by atoms with E-state index >= 15 is 0 Å². The summed E-state index contributed by atoms with van der Waals surface area (Å²) in [4.78, 5) is 1.04. The van der Waals surface area contributed by atoms with Crippen LogP contribution >= 0.6 is 27.3 Å². The summed E-state index contributed by atoms with van der Waals surface area (Å²) in [5.41, 5.74) is 6.80. The normalized spacial score (nSPS) is 12.7. The van der Waals surface area contributed by atoms with E-state index in [-0.39, 0.29) is 11.9 Å². The largest absolute Gasteiger partial charge is 0.320 e. The first-order valence-electron chi connectivity index (χ1n) is 4.42. The smallest absolute Gasteiger partial charge is 0.137 e. The third-order valence-electron chi connectivity index (χ3n) is 2.15. The Morgan fingerprint density at radius 2 is 2.13 bits per heavy atom. The number of rotatable bonds is 2. The van der Waals surface area contributed by atoms with Crippen molar-refractivity contribution in [2.45, 2.75) is 6.04 Å². The monoisotopic (exact) mass is 285 g/mol. The molecule has 0 fully saturated rings. The number of benzene rings is 1. The lowest BCUT2D eigenvalue weighted by atomic mass is 10.1.